The van der Waals surface area contributed by atoms with Crippen molar-refractivity contribution in [3.63, 3.8) is 0 Å². The largest absolute Gasteiger partial charge is 0.405 e. The van der Waals surface area contributed by atoms with Gasteiger partial charge in [-0.25, -0.2) is 0 Å². The highest BCUT2D eigenvalue weighted by atomic mass is 19.4. The van der Waals surface area contributed by atoms with Crippen LogP contribution >= 0.6 is 0 Å². The van der Waals surface area contributed by atoms with Crippen molar-refractivity contribution < 1.29 is 22.8 Å². The third-order valence-electron chi connectivity index (χ3n) is 4.02. The number of carbonyl (C=O) groups excluding carboxylic acids is 2. The summed E-state index contributed by atoms with van der Waals surface area (Å²) in [7, 11) is 0. The van der Waals surface area contributed by atoms with Crippen LogP contribution in [0.25, 0.3) is 0 Å². The minimum atomic E-state index is -4.41. The van der Waals surface area contributed by atoms with E-state index in [1.165, 1.54) is 6.92 Å². The molecule has 0 spiro atoms. The zero-order valence-corrected chi connectivity index (χ0v) is 13.2. The maximum Gasteiger partial charge on any atom is 0.405 e. The molecule has 2 amide bonds. The van der Waals surface area contributed by atoms with Crippen molar-refractivity contribution >= 4 is 11.8 Å². The van der Waals surface area contributed by atoms with Crippen LogP contribution < -0.4 is 10.6 Å². The van der Waals surface area contributed by atoms with Crippen LogP contribution in [0.4, 0.5) is 13.2 Å². The first-order valence-corrected chi connectivity index (χ1v) is 7.50. The van der Waals surface area contributed by atoms with Crippen LogP contribution in [0.3, 0.4) is 0 Å². The molecule has 1 aliphatic rings. The van der Waals surface area contributed by atoms with E-state index in [9.17, 15) is 22.8 Å². The van der Waals surface area contributed by atoms with Gasteiger partial charge in [0.05, 0.1) is 6.04 Å². The van der Waals surface area contributed by atoms with E-state index in [0.717, 1.165) is 6.42 Å². The number of hydrogen-bond acceptors (Lipinski definition) is 3. The van der Waals surface area contributed by atoms with Crippen molar-refractivity contribution in [2.45, 2.75) is 51.9 Å². The van der Waals surface area contributed by atoms with E-state index in [2.05, 4.69) is 5.32 Å². The number of halogens is 3. The van der Waals surface area contributed by atoms with Crippen LogP contribution in [0, 0.1) is 5.92 Å². The van der Waals surface area contributed by atoms with Crippen LogP contribution in [0.1, 0.15) is 33.6 Å². The monoisotopic (exact) mass is 323 g/mol. The summed E-state index contributed by atoms with van der Waals surface area (Å²) in [6.45, 7) is 4.96. The van der Waals surface area contributed by atoms with Crippen LogP contribution in [0.2, 0.25) is 0 Å². The molecule has 2 N–H and O–H groups in total. The number of carbonyl (C=O) groups is 2. The standard InChI is InChI=1S/C14H24F3N3O2/c1-4-11-7-20(10(3)21)6-5-12(11)19-9(2)13(22)18-8-14(15,16)17/h9,11-12,19H,4-8H2,1-3H3,(H,18,22)/t9-,11+,12-/m0/s1. The van der Waals surface area contributed by atoms with E-state index in [0.29, 0.717) is 19.5 Å². The lowest BCUT2D eigenvalue weighted by molar-refractivity contribution is -0.139. The molecule has 1 fully saturated rings. The Morgan fingerprint density at radius 1 is 1.36 bits per heavy atom. The first-order valence-electron chi connectivity index (χ1n) is 7.50. The Bertz CT molecular complexity index is 401. The second-order valence-corrected chi connectivity index (χ2v) is 5.75. The van der Waals surface area contributed by atoms with E-state index >= 15 is 0 Å². The fraction of sp³-hybridized carbons (Fsp3) is 0.857. The van der Waals surface area contributed by atoms with Crippen molar-refractivity contribution in [3.05, 3.63) is 0 Å². The topological polar surface area (TPSA) is 61.4 Å². The van der Waals surface area contributed by atoms with Crippen molar-refractivity contribution in [2.75, 3.05) is 19.6 Å². The summed E-state index contributed by atoms with van der Waals surface area (Å²) in [4.78, 5) is 24.9. The smallest absolute Gasteiger partial charge is 0.346 e. The third kappa shape index (κ3) is 5.82. The summed E-state index contributed by atoms with van der Waals surface area (Å²) >= 11 is 0. The predicted octanol–water partition coefficient (Wildman–Crippen LogP) is 1.29. The average Bonchev–Trinajstić information content (AvgIpc) is 2.43. The van der Waals surface area contributed by atoms with Crippen LogP contribution in [-0.2, 0) is 9.59 Å². The maximum absolute atomic E-state index is 12.1. The molecule has 128 valence electrons. The van der Waals surface area contributed by atoms with Gasteiger partial charge >= 0.3 is 6.18 Å². The molecule has 1 heterocycles. The average molecular weight is 323 g/mol. The number of hydrogen-bond donors (Lipinski definition) is 2. The molecule has 1 aliphatic heterocycles. The highest BCUT2D eigenvalue weighted by Gasteiger charge is 2.32. The van der Waals surface area contributed by atoms with E-state index in [4.69, 9.17) is 0 Å². The zero-order chi connectivity index (χ0) is 16.9. The fourth-order valence-corrected chi connectivity index (χ4v) is 2.69. The SMILES string of the molecule is CC[C@@H]1CN(C(C)=O)CC[C@@H]1N[C@@H](C)C(=O)NCC(F)(F)F. The van der Waals surface area contributed by atoms with Gasteiger partial charge in [0.1, 0.15) is 6.54 Å². The Kier molecular flexibility index (Phi) is 6.65. The lowest BCUT2D eigenvalue weighted by Crippen LogP contribution is -2.55. The maximum atomic E-state index is 12.1. The number of likely N-dealkylation sites (tertiary alicyclic amines) is 1. The van der Waals surface area contributed by atoms with Crippen LogP contribution in [0.15, 0.2) is 0 Å². The molecule has 3 atom stereocenters. The van der Waals surface area contributed by atoms with Gasteiger partial charge in [-0.1, -0.05) is 13.3 Å². The molecule has 0 radical (unpaired) electrons. The molecule has 0 aromatic carbocycles. The van der Waals surface area contributed by atoms with Crippen molar-refractivity contribution in [1.29, 1.82) is 0 Å². The van der Waals surface area contributed by atoms with Gasteiger partial charge in [-0.2, -0.15) is 13.2 Å². The van der Waals surface area contributed by atoms with Crippen molar-refractivity contribution in [1.82, 2.24) is 15.5 Å². The number of amides is 2. The summed E-state index contributed by atoms with van der Waals surface area (Å²) < 4.78 is 36.3. The lowest BCUT2D eigenvalue weighted by atomic mass is 9.89. The Balaban J connectivity index is 2.50. The van der Waals surface area contributed by atoms with Gasteiger partial charge < -0.3 is 15.5 Å². The second kappa shape index (κ2) is 7.80. The highest BCUT2D eigenvalue weighted by molar-refractivity contribution is 5.81. The molecule has 0 aliphatic carbocycles. The van der Waals surface area contributed by atoms with Gasteiger partial charge in [0.15, 0.2) is 0 Å². The minimum absolute atomic E-state index is 0.0206. The number of nitrogens with one attached hydrogen (secondary N) is 2. The predicted molar refractivity (Wildman–Crippen MR) is 76.1 cm³/mol. The first kappa shape index (κ1) is 18.7. The van der Waals surface area contributed by atoms with Gasteiger partial charge in [-0.15, -0.1) is 0 Å². The lowest BCUT2D eigenvalue weighted by Gasteiger charge is -2.39. The molecule has 22 heavy (non-hydrogen) atoms. The summed E-state index contributed by atoms with van der Waals surface area (Å²) in [6, 6.07) is -0.683. The van der Waals surface area contributed by atoms with E-state index in [1.54, 1.807) is 11.8 Å². The van der Waals surface area contributed by atoms with Gasteiger partial charge in [0, 0.05) is 26.1 Å². The van der Waals surface area contributed by atoms with Gasteiger partial charge in [0.2, 0.25) is 11.8 Å². The Morgan fingerprint density at radius 2 is 2.00 bits per heavy atom. The number of alkyl halides is 3. The Morgan fingerprint density at radius 3 is 2.50 bits per heavy atom. The number of nitrogens with zero attached hydrogens (tertiary/aromatic N) is 1. The molecule has 1 saturated heterocycles. The molecule has 5 nitrogen and oxygen atoms in total. The second-order valence-electron chi connectivity index (χ2n) is 5.75. The van der Waals surface area contributed by atoms with Crippen molar-refractivity contribution in [2.24, 2.45) is 5.92 Å². The summed E-state index contributed by atoms with van der Waals surface area (Å²) in [5.74, 6) is -0.454. The normalized spacial score (nSPS) is 24.0. The molecule has 0 saturated carbocycles. The fourth-order valence-electron chi connectivity index (χ4n) is 2.69. The third-order valence-corrected chi connectivity index (χ3v) is 4.02. The highest BCUT2D eigenvalue weighted by Crippen LogP contribution is 2.21. The zero-order valence-electron chi connectivity index (χ0n) is 13.2. The van der Waals surface area contributed by atoms with Gasteiger partial charge in [-0.3, -0.25) is 9.59 Å². The molecule has 0 aromatic heterocycles. The number of piperidine rings is 1. The Hall–Kier alpha value is -1.31. The van der Waals surface area contributed by atoms with E-state index in [-0.39, 0.29) is 17.9 Å². The van der Waals surface area contributed by atoms with Gasteiger partial charge in [0.25, 0.3) is 0 Å². The Labute approximate surface area is 128 Å². The molecule has 1 rings (SSSR count). The first-order chi connectivity index (χ1) is 10.1. The van der Waals surface area contributed by atoms with Gasteiger partial charge in [-0.05, 0) is 19.3 Å². The summed E-state index contributed by atoms with van der Waals surface area (Å²) in [5, 5.41) is 4.98. The van der Waals surface area contributed by atoms with Crippen LogP contribution in [0.5, 0.6) is 0 Å². The quantitative estimate of drug-likeness (QED) is 0.801. The molecule has 8 heteroatoms. The molecular weight excluding hydrogens is 299 g/mol. The molecule has 0 unspecified atom stereocenters. The van der Waals surface area contributed by atoms with Crippen molar-refractivity contribution in [3.8, 4) is 0 Å². The van der Waals surface area contributed by atoms with Crippen LogP contribution in [-0.4, -0.2) is 54.6 Å². The number of rotatable bonds is 5. The molecule has 0 bridgehead atoms. The summed E-state index contributed by atoms with van der Waals surface area (Å²) in [5.41, 5.74) is 0. The summed E-state index contributed by atoms with van der Waals surface area (Å²) in [6.07, 6.45) is -2.89. The minimum Gasteiger partial charge on any atom is -0.346 e. The van der Waals surface area contributed by atoms with E-state index < -0.39 is 24.7 Å². The molecule has 0 aromatic rings. The molecular formula is C14H24F3N3O2. The van der Waals surface area contributed by atoms with E-state index in [1.807, 2.05) is 12.2 Å².